The molecular weight excluding hydrogens is 258 g/mol. The summed E-state index contributed by atoms with van der Waals surface area (Å²) < 4.78 is 0. The van der Waals surface area contributed by atoms with Crippen LogP contribution in [0.2, 0.25) is 0 Å². The number of nitrogens with one attached hydrogen (secondary N) is 1. The van der Waals surface area contributed by atoms with Gasteiger partial charge in [-0.2, -0.15) is 0 Å². The summed E-state index contributed by atoms with van der Waals surface area (Å²) in [4.78, 5) is 5.27. The van der Waals surface area contributed by atoms with Gasteiger partial charge in [0, 0.05) is 32.2 Å². The molecule has 0 aromatic rings. The summed E-state index contributed by atoms with van der Waals surface area (Å²) in [6.07, 6.45) is 10.1. The summed E-state index contributed by atoms with van der Waals surface area (Å²) >= 11 is 0. The molecule has 0 spiro atoms. The van der Waals surface area contributed by atoms with Crippen molar-refractivity contribution in [1.82, 2.24) is 15.1 Å². The molecule has 3 heteroatoms. The fraction of sp³-hybridized carbons (Fsp3) is 1.00. The van der Waals surface area contributed by atoms with Crippen molar-refractivity contribution in [3.63, 3.8) is 0 Å². The molecule has 0 bridgehead atoms. The molecule has 1 saturated carbocycles. The molecular formula is C18H35N3. The molecule has 21 heavy (non-hydrogen) atoms. The van der Waals surface area contributed by atoms with Gasteiger partial charge in [-0.05, 0) is 57.2 Å². The third-order valence-corrected chi connectivity index (χ3v) is 6.31. The van der Waals surface area contributed by atoms with E-state index >= 15 is 0 Å². The third-order valence-electron chi connectivity index (χ3n) is 6.31. The van der Waals surface area contributed by atoms with Gasteiger partial charge in [0.2, 0.25) is 0 Å². The molecule has 0 aromatic heterocycles. The van der Waals surface area contributed by atoms with Crippen molar-refractivity contribution in [3.05, 3.63) is 0 Å². The molecule has 122 valence electrons. The third kappa shape index (κ3) is 4.20. The van der Waals surface area contributed by atoms with Gasteiger partial charge in [-0.3, -0.25) is 4.90 Å². The summed E-state index contributed by atoms with van der Waals surface area (Å²) in [5.74, 6) is 0.951. The minimum atomic E-state index is 0.557. The Balaban J connectivity index is 1.51. The van der Waals surface area contributed by atoms with E-state index in [0.717, 1.165) is 12.0 Å². The summed E-state index contributed by atoms with van der Waals surface area (Å²) in [6, 6.07) is 0.772. The van der Waals surface area contributed by atoms with Gasteiger partial charge in [-0.25, -0.2) is 0 Å². The Labute approximate surface area is 131 Å². The Morgan fingerprint density at radius 2 is 1.76 bits per heavy atom. The first-order chi connectivity index (χ1) is 10.1. The largest absolute Gasteiger partial charge is 0.311 e. The van der Waals surface area contributed by atoms with E-state index in [0.29, 0.717) is 5.41 Å². The summed E-state index contributed by atoms with van der Waals surface area (Å²) in [6.45, 7) is 10.2. The average molecular weight is 293 g/mol. The molecule has 3 nitrogen and oxygen atoms in total. The Bertz CT molecular complexity index is 316. The van der Waals surface area contributed by atoms with Crippen LogP contribution in [-0.2, 0) is 0 Å². The lowest BCUT2D eigenvalue weighted by Gasteiger charge is -2.45. The maximum atomic E-state index is 3.83. The van der Waals surface area contributed by atoms with Crippen molar-refractivity contribution < 1.29 is 0 Å². The van der Waals surface area contributed by atoms with Gasteiger partial charge in [-0.1, -0.05) is 26.2 Å². The van der Waals surface area contributed by atoms with Crippen LogP contribution in [0.25, 0.3) is 0 Å². The van der Waals surface area contributed by atoms with Gasteiger partial charge >= 0.3 is 0 Å². The highest BCUT2D eigenvalue weighted by molar-refractivity contribution is 4.90. The zero-order chi connectivity index (χ0) is 14.7. The number of hydrogen-bond donors (Lipinski definition) is 1. The molecule has 2 saturated heterocycles. The van der Waals surface area contributed by atoms with E-state index in [-0.39, 0.29) is 0 Å². The van der Waals surface area contributed by atoms with Crippen molar-refractivity contribution in [2.24, 2.45) is 11.3 Å². The van der Waals surface area contributed by atoms with E-state index in [1.807, 2.05) is 0 Å². The standard InChI is InChI=1S/C18H35N3/c1-18(8-11-20(2)12-9-18)15-21-13-10-19-17(14-21)16-6-4-3-5-7-16/h16-17,19H,3-15H2,1-2H3. The molecule has 1 unspecified atom stereocenters. The predicted octanol–water partition coefficient (Wildman–Crippen LogP) is 2.57. The second-order valence-electron chi connectivity index (χ2n) is 8.31. The van der Waals surface area contributed by atoms with Gasteiger partial charge < -0.3 is 10.2 Å². The first-order valence-corrected chi connectivity index (χ1v) is 9.29. The zero-order valence-electron chi connectivity index (χ0n) is 14.2. The molecule has 0 amide bonds. The van der Waals surface area contributed by atoms with Gasteiger partial charge in [-0.15, -0.1) is 0 Å². The van der Waals surface area contributed by atoms with Crippen molar-refractivity contribution in [3.8, 4) is 0 Å². The zero-order valence-corrected chi connectivity index (χ0v) is 14.2. The first-order valence-electron chi connectivity index (χ1n) is 9.29. The highest BCUT2D eigenvalue weighted by atomic mass is 15.2. The first kappa shape index (κ1) is 15.8. The lowest BCUT2D eigenvalue weighted by molar-refractivity contribution is 0.0608. The molecule has 1 N–H and O–H groups in total. The van der Waals surface area contributed by atoms with Crippen molar-refractivity contribution in [2.75, 3.05) is 46.3 Å². The second kappa shape index (κ2) is 6.97. The maximum absolute atomic E-state index is 3.83. The smallest absolute Gasteiger partial charge is 0.0223 e. The molecule has 2 aliphatic heterocycles. The number of piperidine rings is 1. The molecule has 3 fully saturated rings. The molecule has 3 aliphatic rings. The van der Waals surface area contributed by atoms with Crippen LogP contribution >= 0.6 is 0 Å². The molecule has 1 atom stereocenters. The van der Waals surface area contributed by atoms with Crippen LogP contribution in [0.15, 0.2) is 0 Å². The maximum Gasteiger partial charge on any atom is 0.0223 e. The van der Waals surface area contributed by atoms with Crippen molar-refractivity contribution in [1.29, 1.82) is 0 Å². The van der Waals surface area contributed by atoms with Crippen LogP contribution in [0.1, 0.15) is 51.9 Å². The van der Waals surface area contributed by atoms with Gasteiger partial charge in [0.25, 0.3) is 0 Å². The van der Waals surface area contributed by atoms with Crippen LogP contribution in [0.3, 0.4) is 0 Å². The van der Waals surface area contributed by atoms with E-state index in [1.165, 1.54) is 84.2 Å². The van der Waals surface area contributed by atoms with Crippen LogP contribution < -0.4 is 5.32 Å². The Hall–Kier alpha value is -0.120. The van der Waals surface area contributed by atoms with Gasteiger partial charge in [0.05, 0.1) is 0 Å². The highest BCUT2D eigenvalue weighted by Crippen LogP contribution is 2.33. The second-order valence-corrected chi connectivity index (χ2v) is 8.31. The topological polar surface area (TPSA) is 18.5 Å². The molecule has 3 rings (SSSR count). The van der Waals surface area contributed by atoms with Crippen LogP contribution in [-0.4, -0.2) is 62.2 Å². The monoisotopic (exact) mass is 293 g/mol. The van der Waals surface area contributed by atoms with E-state index < -0.39 is 0 Å². The summed E-state index contributed by atoms with van der Waals surface area (Å²) in [5, 5.41) is 3.83. The fourth-order valence-corrected chi connectivity index (χ4v) is 4.69. The van der Waals surface area contributed by atoms with E-state index in [2.05, 4.69) is 29.1 Å². The number of likely N-dealkylation sites (tertiary alicyclic amines) is 1. The van der Waals surface area contributed by atoms with Gasteiger partial charge in [0.15, 0.2) is 0 Å². The number of nitrogens with zero attached hydrogens (tertiary/aromatic N) is 2. The quantitative estimate of drug-likeness (QED) is 0.863. The SMILES string of the molecule is CN1CCC(C)(CN2CCNC(C3CCCCC3)C2)CC1. The highest BCUT2D eigenvalue weighted by Gasteiger charge is 2.34. The van der Waals surface area contributed by atoms with E-state index in [9.17, 15) is 0 Å². The van der Waals surface area contributed by atoms with Crippen LogP contribution in [0, 0.1) is 11.3 Å². The summed E-state index contributed by atoms with van der Waals surface area (Å²) in [5.41, 5.74) is 0.557. The lowest BCUT2D eigenvalue weighted by atomic mass is 9.79. The molecule has 0 radical (unpaired) electrons. The van der Waals surface area contributed by atoms with E-state index in [4.69, 9.17) is 0 Å². The minimum absolute atomic E-state index is 0.557. The van der Waals surface area contributed by atoms with Crippen LogP contribution in [0.5, 0.6) is 0 Å². The van der Waals surface area contributed by atoms with Crippen molar-refractivity contribution >= 4 is 0 Å². The number of piperazine rings is 1. The number of rotatable bonds is 3. The van der Waals surface area contributed by atoms with Crippen molar-refractivity contribution in [2.45, 2.75) is 57.9 Å². The lowest BCUT2D eigenvalue weighted by Crippen LogP contribution is -2.56. The van der Waals surface area contributed by atoms with Gasteiger partial charge in [0.1, 0.15) is 0 Å². The Morgan fingerprint density at radius 1 is 1.05 bits per heavy atom. The summed E-state index contributed by atoms with van der Waals surface area (Å²) in [7, 11) is 2.27. The Morgan fingerprint density at radius 3 is 2.48 bits per heavy atom. The molecule has 1 aliphatic carbocycles. The predicted molar refractivity (Wildman–Crippen MR) is 89.6 cm³/mol. The minimum Gasteiger partial charge on any atom is -0.311 e. The number of hydrogen-bond acceptors (Lipinski definition) is 3. The van der Waals surface area contributed by atoms with Crippen LogP contribution in [0.4, 0.5) is 0 Å². The fourth-order valence-electron chi connectivity index (χ4n) is 4.69. The van der Waals surface area contributed by atoms with E-state index in [1.54, 1.807) is 0 Å². The molecule has 2 heterocycles. The Kier molecular flexibility index (Phi) is 5.23. The normalized spacial score (nSPS) is 33.1. The average Bonchev–Trinajstić information content (AvgIpc) is 2.52. The molecule has 0 aromatic carbocycles.